The molecule has 0 unspecified atom stereocenters. The molecule has 43 heavy (non-hydrogen) atoms. The second kappa shape index (κ2) is 8.60. The molecule has 9 rings (SSSR count). The fourth-order valence-electron chi connectivity index (χ4n) is 6.66. The van der Waals surface area contributed by atoms with Gasteiger partial charge in [0.15, 0.2) is 5.69 Å². The number of fused-ring (bicyclic) bond motifs is 9. The van der Waals surface area contributed by atoms with E-state index in [-0.39, 0.29) is 0 Å². The van der Waals surface area contributed by atoms with Crippen molar-refractivity contribution in [3.63, 3.8) is 0 Å². The lowest BCUT2D eigenvalue weighted by Crippen LogP contribution is -1.94. The summed E-state index contributed by atoms with van der Waals surface area (Å²) in [5.41, 5.74) is 9.28. The quantitative estimate of drug-likeness (QED) is 0.202. The minimum atomic E-state index is 0.633. The zero-order chi connectivity index (χ0) is 28.7. The number of benzene rings is 6. The molecule has 5 nitrogen and oxygen atoms in total. The first-order valence-electron chi connectivity index (χ1n) is 14.0. The molecule has 9 aromatic rings. The van der Waals surface area contributed by atoms with Crippen LogP contribution in [0, 0.1) is 17.9 Å². The van der Waals surface area contributed by atoms with Crippen molar-refractivity contribution in [3.05, 3.63) is 138 Å². The van der Waals surface area contributed by atoms with Crippen LogP contribution in [0.25, 0.3) is 81.8 Å². The molecule has 0 aliphatic carbocycles. The predicted octanol–water partition coefficient (Wildman–Crippen LogP) is 10.2. The lowest BCUT2D eigenvalue weighted by Gasteiger charge is -2.09. The van der Waals surface area contributed by atoms with Crippen LogP contribution in [0.2, 0.25) is 0 Å². The van der Waals surface area contributed by atoms with Crippen molar-refractivity contribution in [3.8, 4) is 17.4 Å². The van der Waals surface area contributed by atoms with Gasteiger partial charge in [-0.3, -0.25) is 0 Å². The van der Waals surface area contributed by atoms with E-state index >= 15 is 0 Å². The van der Waals surface area contributed by atoms with Crippen LogP contribution in [-0.4, -0.2) is 9.13 Å². The first-order chi connectivity index (χ1) is 21.2. The number of rotatable bonds is 2. The van der Waals surface area contributed by atoms with E-state index in [4.69, 9.17) is 11.0 Å². The number of hydrogen-bond donors (Lipinski definition) is 0. The van der Waals surface area contributed by atoms with Gasteiger partial charge in [0, 0.05) is 38.3 Å². The van der Waals surface area contributed by atoms with Crippen molar-refractivity contribution < 1.29 is 4.42 Å². The van der Waals surface area contributed by atoms with E-state index in [1.165, 1.54) is 0 Å². The van der Waals surface area contributed by atoms with Crippen molar-refractivity contribution in [1.29, 1.82) is 5.26 Å². The highest BCUT2D eigenvalue weighted by molar-refractivity contribution is 6.13. The highest BCUT2D eigenvalue weighted by Crippen LogP contribution is 2.38. The molecular formula is C38H20N4O. The Labute approximate surface area is 245 Å². The monoisotopic (exact) mass is 548 g/mol. The maximum atomic E-state index is 9.54. The van der Waals surface area contributed by atoms with Crippen LogP contribution in [0.15, 0.2) is 126 Å². The highest BCUT2D eigenvalue weighted by Gasteiger charge is 2.17. The van der Waals surface area contributed by atoms with E-state index in [1.54, 1.807) is 0 Å². The minimum absolute atomic E-state index is 0.633. The summed E-state index contributed by atoms with van der Waals surface area (Å²) in [6, 6.07) is 43.4. The Morgan fingerprint density at radius 3 is 1.65 bits per heavy atom. The average molecular weight is 549 g/mol. The lowest BCUT2D eigenvalue weighted by atomic mass is 10.1. The number of nitrogens with zero attached hydrogens (tertiary/aromatic N) is 4. The van der Waals surface area contributed by atoms with E-state index in [0.29, 0.717) is 11.3 Å². The molecular weight excluding hydrogens is 528 g/mol. The third-order valence-corrected chi connectivity index (χ3v) is 8.54. The molecule has 6 aromatic carbocycles. The summed E-state index contributed by atoms with van der Waals surface area (Å²) in [6.45, 7) is 7.52. The first-order valence-corrected chi connectivity index (χ1v) is 14.0. The van der Waals surface area contributed by atoms with Crippen LogP contribution in [-0.2, 0) is 0 Å². The van der Waals surface area contributed by atoms with Crippen molar-refractivity contribution in [1.82, 2.24) is 9.13 Å². The number of hydrogen-bond acceptors (Lipinski definition) is 2. The van der Waals surface area contributed by atoms with Crippen LogP contribution < -0.4 is 0 Å². The molecule has 3 aromatic heterocycles. The third-order valence-electron chi connectivity index (χ3n) is 8.54. The number of aromatic nitrogens is 2. The summed E-state index contributed by atoms with van der Waals surface area (Å²) in [7, 11) is 0. The van der Waals surface area contributed by atoms with Crippen LogP contribution in [0.1, 0.15) is 5.56 Å². The van der Waals surface area contributed by atoms with E-state index in [0.717, 1.165) is 76.9 Å². The minimum Gasteiger partial charge on any atom is -0.456 e. The van der Waals surface area contributed by atoms with Gasteiger partial charge in [0.05, 0.1) is 40.3 Å². The van der Waals surface area contributed by atoms with Gasteiger partial charge in [-0.25, -0.2) is 4.85 Å². The Morgan fingerprint density at radius 2 is 1.07 bits per heavy atom. The fraction of sp³-hybridized carbons (Fsp3) is 0. The molecule has 5 heteroatoms. The largest absolute Gasteiger partial charge is 0.456 e. The van der Waals surface area contributed by atoms with Gasteiger partial charge < -0.3 is 13.6 Å². The zero-order valence-electron chi connectivity index (χ0n) is 22.7. The van der Waals surface area contributed by atoms with Crippen molar-refractivity contribution in [2.24, 2.45) is 0 Å². The van der Waals surface area contributed by atoms with Crippen molar-refractivity contribution >= 4 is 71.2 Å². The Bertz CT molecular complexity index is 2520. The molecule has 0 atom stereocenters. The Morgan fingerprint density at radius 1 is 0.535 bits per heavy atom. The normalized spacial score (nSPS) is 11.7. The molecule has 0 saturated carbocycles. The molecule has 0 amide bonds. The topological polar surface area (TPSA) is 51.1 Å². The van der Waals surface area contributed by atoms with Crippen LogP contribution in [0.5, 0.6) is 0 Å². The summed E-state index contributed by atoms with van der Waals surface area (Å²) < 4.78 is 10.8. The summed E-state index contributed by atoms with van der Waals surface area (Å²) in [6.07, 6.45) is 0. The second-order valence-corrected chi connectivity index (χ2v) is 10.8. The molecule has 0 fully saturated rings. The van der Waals surface area contributed by atoms with Gasteiger partial charge in [0.1, 0.15) is 11.2 Å². The van der Waals surface area contributed by atoms with Crippen LogP contribution in [0.3, 0.4) is 0 Å². The number of furan rings is 1. The Kier molecular flexibility index (Phi) is 4.68. The molecule has 0 spiro atoms. The maximum absolute atomic E-state index is 9.54. The van der Waals surface area contributed by atoms with Gasteiger partial charge in [-0.15, -0.1) is 0 Å². The summed E-state index contributed by atoms with van der Waals surface area (Å²) >= 11 is 0. The summed E-state index contributed by atoms with van der Waals surface area (Å²) in [4.78, 5) is 3.67. The zero-order valence-corrected chi connectivity index (χ0v) is 22.7. The number of para-hydroxylation sites is 2. The van der Waals surface area contributed by atoms with E-state index in [9.17, 15) is 5.26 Å². The summed E-state index contributed by atoms with van der Waals surface area (Å²) in [5.74, 6) is 0. The molecule has 3 heterocycles. The first kappa shape index (κ1) is 23.4. The standard InChI is InChI=1S/C38H20N4O/c1-40-24-11-15-36-30(19-24)28-7-3-5-9-34(28)42(36)26-13-17-38-32(21-26)31-20-25(12-16-37(31)43-38)41-33-8-4-2-6-27(33)29-18-23(22-39)10-14-35(29)41/h2-21H. The molecule has 0 bridgehead atoms. The van der Waals surface area contributed by atoms with Gasteiger partial charge in [0.2, 0.25) is 0 Å². The summed E-state index contributed by atoms with van der Waals surface area (Å²) in [5, 5.41) is 16.0. The van der Waals surface area contributed by atoms with Crippen molar-refractivity contribution in [2.45, 2.75) is 0 Å². The smallest absolute Gasteiger partial charge is 0.188 e. The van der Waals surface area contributed by atoms with Crippen molar-refractivity contribution in [2.75, 3.05) is 0 Å². The molecule has 0 radical (unpaired) electrons. The SMILES string of the molecule is [C-]#[N+]c1ccc2c(c1)c1ccccc1n2-c1ccc2oc3ccc(-n4c5ccccc5c5cc(C#N)ccc54)cc3c2c1. The van der Waals surface area contributed by atoms with E-state index < -0.39 is 0 Å². The number of nitriles is 1. The van der Waals surface area contributed by atoms with Gasteiger partial charge in [-0.2, -0.15) is 5.26 Å². The molecule has 198 valence electrons. The Balaban J connectivity index is 1.30. The molecule has 0 aliphatic heterocycles. The van der Waals surface area contributed by atoms with Crippen LogP contribution in [0.4, 0.5) is 5.69 Å². The van der Waals surface area contributed by atoms with Gasteiger partial charge >= 0.3 is 0 Å². The fourth-order valence-corrected chi connectivity index (χ4v) is 6.66. The van der Waals surface area contributed by atoms with Gasteiger partial charge in [-0.05, 0) is 84.2 Å². The van der Waals surface area contributed by atoms with Gasteiger partial charge in [-0.1, -0.05) is 42.5 Å². The van der Waals surface area contributed by atoms with E-state index in [2.05, 4.69) is 74.6 Å². The second-order valence-electron chi connectivity index (χ2n) is 10.8. The lowest BCUT2D eigenvalue weighted by molar-refractivity contribution is 0.669. The predicted molar refractivity (Wildman–Crippen MR) is 173 cm³/mol. The average Bonchev–Trinajstić information content (AvgIpc) is 3.71. The van der Waals surface area contributed by atoms with E-state index in [1.807, 2.05) is 66.7 Å². The Hall–Kier alpha value is -6.30. The molecule has 0 N–H and O–H groups in total. The van der Waals surface area contributed by atoms with Gasteiger partial charge in [0.25, 0.3) is 0 Å². The maximum Gasteiger partial charge on any atom is 0.188 e. The molecule has 0 aliphatic rings. The van der Waals surface area contributed by atoms with Crippen LogP contribution >= 0.6 is 0 Å². The molecule has 0 saturated heterocycles. The highest BCUT2D eigenvalue weighted by atomic mass is 16.3. The third kappa shape index (κ3) is 3.25.